The number of nitrogens with two attached hydrogens (primary N) is 1. The van der Waals surface area contributed by atoms with E-state index in [1.165, 1.54) is 0 Å². The SMILES string of the molecule is CN=C(/C=C(/C)C(N)=NCCCCP(=O)(O)O)c1ccccc1. The lowest BCUT2D eigenvalue weighted by atomic mass is 10.1. The highest BCUT2D eigenvalue weighted by Crippen LogP contribution is 2.35. The van der Waals surface area contributed by atoms with Crippen LogP contribution < -0.4 is 5.73 Å². The van der Waals surface area contributed by atoms with Crippen molar-refractivity contribution in [2.24, 2.45) is 15.7 Å². The molecule has 126 valence electrons. The molecule has 0 heterocycles. The van der Waals surface area contributed by atoms with Crippen LogP contribution in [0.3, 0.4) is 0 Å². The molecule has 0 aliphatic heterocycles. The molecule has 1 rings (SSSR count). The predicted octanol–water partition coefficient (Wildman–Crippen LogP) is 2.37. The van der Waals surface area contributed by atoms with Crippen LogP contribution in [0.25, 0.3) is 0 Å². The van der Waals surface area contributed by atoms with E-state index < -0.39 is 7.60 Å². The maximum absolute atomic E-state index is 10.7. The highest BCUT2D eigenvalue weighted by molar-refractivity contribution is 7.51. The molecule has 0 radical (unpaired) electrons. The number of amidine groups is 1. The summed E-state index contributed by atoms with van der Waals surface area (Å²) in [6.07, 6.45) is 2.78. The molecule has 4 N–H and O–H groups in total. The average Bonchev–Trinajstić information content (AvgIpc) is 2.51. The van der Waals surface area contributed by atoms with Crippen LogP contribution >= 0.6 is 7.60 Å². The summed E-state index contributed by atoms with van der Waals surface area (Å²) in [7, 11) is -2.19. The molecule has 0 aliphatic carbocycles. The van der Waals surface area contributed by atoms with Crippen molar-refractivity contribution in [1.29, 1.82) is 0 Å². The smallest absolute Gasteiger partial charge is 0.325 e. The maximum atomic E-state index is 10.7. The van der Waals surface area contributed by atoms with Gasteiger partial charge < -0.3 is 15.5 Å². The Labute approximate surface area is 137 Å². The number of allylic oxidation sites excluding steroid dienone is 1. The molecule has 0 fully saturated rings. The van der Waals surface area contributed by atoms with Crippen molar-refractivity contribution in [3.05, 3.63) is 47.5 Å². The van der Waals surface area contributed by atoms with Gasteiger partial charge >= 0.3 is 7.60 Å². The zero-order valence-electron chi connectivity index (χ0n) is 13.5. The Hall–Kier alpha value is -1.75. The number of unbranched alkanes of at least 4 members (excludes halogenated alkanes) is 1. The Morgan fingerprint density at radius 1 is 1.26 bits per heavy atom. The van der Waals surface area contributed by atoms with E-state index in [9.17, 15) is 4.57 Å². The Morgan fingerprint density at radius 2 is 1.91 bits per heavy atom. The van der Waals surface area contributed by atoms with Gasteiger partial charge in [0.1, 0.15) is 5.84 Å². The number of nitrogens with zero attached hydrogens (tertiary/aromatic N) is 2. The molecule has 0 spiro atoms. The van der Waals surface area contributed by atoms with Gasteiger partial charge in [-0.05, 0) is 37.0 Å². The van der Waals surface area contributed by atoms with E-state index in [-0.39, 0.29) is 6.16 Å². The maximum Gasteiger partial charge on any atom is 0.325 e. The van der Waals surface area contributed by atoms with Crippen molar-refractivity contribution < 1.29 is 14.4 Å². The minimum atomic E-state index is -3.91. The molecule has 23 heavy (non-hydrogen) atoms. The van der Waals surface area contributed by atoms with Crippen molar-refractivity contribution in [1.82, 2.24) is 0 Å². The third-order valence-corrected chi connectivity index (χ3v) is 4.11. The van der Waals surface area contributed by atoms with Crippen molar-refractivity contribution in [2.45, 2.75) is 19.8 Å². The highest BCUT2D eigenvalue weighted by Gasteiger charge is 2.11. The van der Waals surface area contributed by atoms with Gasteiger partial charge in [0, 0.05) is 19.8 Å². The highest BCUT2D eigenvalue weighted by atomic mass is 31.2. The first-order valence-corrected chi connectivity index (χ1v) is 9.18. The van der Waals surface area contributed by atoms with Crippen LogP contribution in [-0.2, 0) is 4.57 Å². The van der Waals surface area contributed by atoms with Gasteiger partial charge in [-0.25, -0.2) is 0 Å². The van der Waals surface area contributed by atoms with Gasteiger partial charge in [-0.15, -0.1) is 0 Å². The van der Waals surface area contributed by atoms with E-state index >= 15 is 0 Å². The normalized spacial score (nSPS) is 14.2. The van der Waals surface area contributed by atoms with E-state index in [0.717, 1.165) is 16.8 Å². The molecule has 0 aliphatic rings. The molecule has 1 aromatic carbocycles. The summed E-state index contributed by atoms with van der Waals surface area (Å²) in [5.41, 5.74) is 8.57. The molecule has 7 heteroatoms. The largest absolute Gasteiger partial charge is 0.384 e. The molecule has 0 atom stereocenters. The minimum absolute atomic E-state index is 0.113. The van der Waals surface area contributed by atoms with E-state index in [4.69, 9.17) is 15.5 Å². The summed E-state index contributed by atoms with van der Waals surface area (Å²) < 4.78 is 10.7. The fraction of sp³-hybridized carbons (Fsp3) is 0.375. The van der Waals surface area contributed by atoms with E-state index in [0.29, 0.717) is 25.2 Å². The van der Waals surface area contributed by atoms with Crippen LogP contribution in [0.2, 0.25) is 0 Å². The summed E-state index contributed by atoms with van der Waals surface area (Å²) in [4.78, 5) is 26.1. The van der Waals surface area contributed by atoms with Gasteiger partial charge in [0.05, 0.1) is 5.71 Å². The Morgan fingerprint density at radius 3 is 2.48 bits per heavy atom. The Bertz CT molecular complexity index is 633. The van der Waals surface area contributed by atoms with Gasteiger partial charge in [-0.1, -0.05) is 30.3 Å². The Balaban J connectivity index is 2.62. The number of aliphatic imine (C=N–C) groups is 2. The summed E-state index contributed by atoms with van der Waals surface area (Å²) >= 11 is 0. The van der Waals surface area contributed by atoms with Gasteiger partial charge in [-0.3, -0.25) is 14.5 Å². The van der Waals surface area contributed by atoms with Crippen LogP contribution in [0.15, 0.2) is 52.0 Å². The number of benzene rings is 1. The first kappa shape index (κ1) is 19.3. The molecular formula is C16H24N3O3P. The van der Waals surface area contributed by atoms with E-state index in [1.54, 1.807) is 7.05 Å². The zero-order valence-corrected chi connectivity index (χ0v) is 14.4. The topological polar surface area (TPSA) is 108 Å². The van der Waals surface area contributed by atoms with Crippen molar-refractivity contribution >= 4 is 19.1 Å². The van der Waals surface area contributed by atoms with Crippen LogP contribution in [-0.4, -0.2) is 41.1 Å². The molecular weight excluding hydrogens is 313 g/mol. The molecule has 0 saturated carbocycles. The summed E-state index contributed by atoms with van der Waals surface area (Å²) in [5, 5.41) is 0. The predicted molar refractivity (Wildman–Crippen MR) is 95.3 cm³/mol. The van der Waals surface area contributed by atoms with Gasteiger partial charge in [0.2, 0.25) is 0 Å². The van der Waals surface area contributed by atoms with Crippen LogP contribution in [0, 0.1) is 0 Å². The third-order valence-electron chi connectivity index (χ3n) is 3.21. The molecule has 0 unspecified atom stereocenters. The van der Waals surface area contributed by atoms with Crippen molar-refractivity contribution in [3.8, 4) is 0 Å². The summed E-state index contributed by atoms with van der Waals surface area (Å²) in [6, 6.07) is 9.79. The number of rotatable bonds is 8. The zero-order chi connectivity index (χ0) is 17.3. The van der Waals surface area contributed by atoms with Gasteiger partial charge in [-0.2, -0.15) is 0 Å². The number of hydrogen-bond donors (Lipinski definition) is 3. The van der Waals surface area contributed by atoms with Crippen LogP contribution in [0.1, 0.15) is 25.3 Å². The van der Waals surface area contributed by atoms with Crippen molar-refractivity contribution in [2.75, 3.05) is 19.8 Å². The molecule has 1 aromatic rings. The van der Waals surface area contributed by atoms with Gasteiger partial charge in [0.15, 0.2) is 0 Å². The standard InChI is InChI=1S/C16H24N3O3P/c1-13(12-15(18-2)14-8-4-3-5-9-14)16(17)19-10-6-7-11-23(20,21)22/h3-5,8-9,12H,6-7,10-11H2,1-2H3,(H2,17,19)(H2,20,21,22)/b13-12-,18-15?. The molecule has 0 aromatic heterocycles. The molecule has 0 amide bonds. The lowest BCUT2D eigenvalue weighted by Gasteiger charge is -2.05. The first-order chi connectivity index (χ1) is 10.8. The second-order valence-electron chi connectivity index (χ2n) is 5.16. The minimum Gasteiger partial charge on any atom is -0.384 e. The quantitative estimate of drug-likeness (QED) is 0.293. The average molecular weight is 337 g/mol. The van der Waals surface area contributed by atoms with E-state index in [2.05, 4.69) is 9.98 Å². The monoisotopic (exact) mass is 337 g/mol. The third kappa shape index (κ3) is 7.88. The molecule has 0 bridgehead atoms. The summed E-state index contributed by atoms with van der Waals surface area (Å²) in [5.74, 6) is 0.415. The summed E-state index contributed by atoms with van der Waals surface area (Å²) in [6.45, 7) is 2.31. The van der Waals surface area contributed by atoms with Crippen LogP contribution in [0.4, 0.5) is 0 Å². The van der Waals surface area contributed by atoms with E-state index in [1.807, 2.05) is 43.3 Å². The second-order valence-corrected chi connectivity index (χ2v) is 6.94. The molecule has 6 nitrogen and oxygen atoms in total. The second kappa shape index (κ2) is 9.40. The molecule has 0 saturated heterocycles. The van der Waals surface area contributed by atoms with Crippen LogP contribution in [0.5, 0.6) is 0 Å². The lowest BCUT2D eigenvalue weighted by Crippen LogP contribution is -2.15. The van der Waals surface area contributed by atoms with Crippen molar-refractivity contribution in [3.63, 3.8) is 0 Å². The fourth-order valence-corrected chi connectivity index (χ4v) is 2.55. The number of hydrogen-bond acceptors (Lipinski definition) is 3. The Kier molecular flexibility index (Phi) is 7.89. The fourth-order valence-electron chi connectivity index (χ4n) is 1.92. The first-order valence-electron chi connectivity index (χ1n) is 7.39. The lowest BCUT2D eigenvalue weighted by molar-refractivity contribution is 0.371. The van der Waals surface area contributed by atoms with Gasteiger partial charge in [0.25, 0.3) is 0 Å².